The molecule has 0 aliphatic heterocycles. The number of amides is 2. The van der Waals surface area contributed by atoms with Crippen molar-refractivity contribution in [2.45, 2.75) is 13.8 Å². The van der Waals surface area contributed by atoms with Crippen molar-refractivity contribution in [2.24, 2.45) is 7.05 Å². The molecule has 2 aromatic heterocycles. The van der Waals surface area contributed by atoms with Crippen LogP contribution < -0.4 is 10.1 Å². The Labute approximate surface area is 173 Å². The number of anilines is 1. The van der Waals surface area contributed by atoms with Crippen LogP contribution in [0.1, 0.15) is 21.6 Å². The van der Waals surface area contributed by atoms with Gasteiger partial charge < -0.3 is 15.0 Å². The van der Waals surface area contributed by atoms with Crippen LogP contribution in [0.2, 0.25) is 5.02 Å². The molecule has 1 N–H and O–H groups in total. The van der Waals surface area contributed by atoms with Crippen molar-refractivity contribution in [2.75, 3.05) is 26.0 Å². The van der Waals surface area contributed by atoms with E-state index in [0.29, 0.717) is 27.8 Å². The van der Waals surface area contributed by atoms with E-state index in [1.165, 1.54) is 11.0 Å². The molecule has 0 saturated heterocycles. The van der Waals surface area contributed by atoms with Gasteiger partial charge in [0, 0.05) is 32.5 Å². The largest absolute Gasteiger partial charge is 0.466 e. The van der Waals surface area contributed by atoms with Gasteiger partial charge in [-0.2, -0.15) is 0 Å². The van der Waals surface area contributed by atoms with Gasteiger partial charge in [-0.1, -0.05) is 11.6 Å². The van der Waals surface area contributed by atoms with E-state index in [1.54, 1.807) is 38.0 Å². The van der Waals surface area contributed by atoms with Crippen LogP contribution in [-0.2, 0) is 11.8 Å². The van der Waals surface area contributed by atoms with E-state index in [4.69, 9.17) is 16.3 Å². The molecule has 0 aliphatic carbocycles. The molecule has 2 heterocycles. The van der Waals surface area contributed by atoms with Crippen LogP contribution in [0.5, 0.6) is 5.88 Å². The Balaban J connectivity index is 1.74. The van der Waals surface area contributed by atoms with Crippen molar-refractivity contribution in [3.05, 3.63) is 46.1 Å². The number of benzene rings is 1. The lowest BCUT2D eigenvalue weighted by Crippen LogP contribution is -2.23. The Morgan fingerprint density at radius 2 is 1.97 bits per heavy atom. The van der Waals surface area contributed by atoms with Crippen LogP contribution in [0.4, 0.5) is 5.69 Å². The zero-order chi connectivity index (χ0) is 21.3. The summed E-state index contributed by atoms with van der Waals surface area (Å²) in [6.45, 7) is 3.62. The topological polar surface area (TPSA) is 89.4 Å². The molecule has 0 bridgehead atoms. The molecule has 9 heteroatoms. The van der Waals surface area contributed by atoms with Crippen LogP contribution in [0.3, 0.4) is 0 Å². The number of pyridine rings is 1. The molecule has 0 atom stereocenters. The number of rotatable bonds is 5. The second-order valence-electron chi connectivity index (χ2n) is 6.94. The molecule has 0 fully saturated rings. The van der Waals surface area contributed by atoms with Gasteiger partial charge in [-0.05, 0) is 43.7 Å². The summed E-state index contributed by atoms with van der Waals surface area (Å²) < 4.78 is 7.28. The third-order valence-electron chi connectivity index (χ3n) is 4.31. The van der Waals surface area contributed by atoms with Gasteiger partial charge in [-0.3, -0.25) is 9.59 Å². The summed E-state index contributed by atoms with van der Waals surface area (Å²) in [4.78, 5) is 30.4. The van der Waals surface area contributed by atoms with Crippen molar-refractivity contribution >= 4 is 40.1 Å². The SMILES string of the molecule is Cc1cc(C)c2c(OCC(=O)Nc3ccc(Cl)c(C(=O)N(C)C)c3)nn(C)c2n1. The molecule has 0 saturated carbocycles. The summed E-state index contributed by atoms with van der Waals surface area (Å²) >= 11 is 6.10. The summed E-state index contributed by atoms with van der Waals surface area (Å²) in [5.74, 6) is -0.282. The van der Waals surface area contributed by atoms with E-state index in [1.807, 2.05) is 19.9 Å². The number of hydrogen-bond donors (Lipinski definition) is 1. The van der Waals surface area contributed by atoms with Gasteiger partial charge in [0.25, 0.3) is 11.8 Å². The van der Waals surface area contributed by atoms with E-state index < -0.39 is 0 Å². The molecule has 0 unspecified atom stereocenters. The van der Waals surface area contributed by atoms with E-state index >= 15 is 0 Å². The van der Waals surface area contributed by atoms with Crippen LogP contribution in [0.25, 0.3) is 11.0 Å². The van der Waals surface area contributed by atoms with Gasteiger partial charge in [0.15, 0.2) is 12.3 Å². The summed E-state index contributed by atoms with van der Waals surface area (Å²) in [5, 5.41) is 8.12. The molecule has 0 spiro atoms. The summed E-state index contributed by atoms with van der Waals surface area (Å²) in [6.07, 6.45) is 0. The zero-order valence-corrected chi connectivity index (χ0v) is 17.7. The normalized spacial score (nSPS) is 10.8. The van der Waals surface area contributed by atoms with Crippen molar-refractivity contribution in [3.8, 4) is 5.88 Å². The highest BCUT2D eigenvalue weighted by molar-refractivity contribution is 6.34. The molecule has 152 valence electrons. The summed E-state index contributed by atoms with van der Waals surface area (Å²) in [7, 11) is 5.04. The Bertz CT molecular complexity index is 1110. The Kier molecular flexibility index (Phi) is 5.74. The number of fused-ring (bicyclic) bond motifs is 1. The summed E-state index contributed by atoms with van der Waals surface area (Å²) in [5.41, 5.74) is 3.31. The lowest BCUT2D eigenvalue weighted by Gasteiger charge is -2.13. The Hall–Kier alpha value is -3.13. The molecule has 1 aromatic carbocycles. The first-order valence-corrected chi connectivity index (χ1v) is 9.30. The number of carbonyl (C=O) groups excluding carboxylic acids is 2. The van der Waals surface area contributed by atoms with E-state index in [2.05, 4.69) is 15.4 Å². The fourth-order valence-electron chi connectivity index (χ4n) is 2.99. The quantitative estimate of drug-likeness (QED) is 0.692. The molecule has 3 rings (SSSR count). The minimum atomic E-state index is -0.382. The number of carbonyl (C=O) groups is 2. The first-order chi connectivity index (χ1) is 13.7. The smallest absolute Gasteiger partial charge is 0.262 e. The molecule has 0 aliphatic rings. The second-order valence-corrected chi connectivity index (χ2v) is 7.35. The highest BCUT2D eigenvalue weighted by atomic mass is 35.5. The molecular weight excluding hydrogens is 394 g/mol. The van der Waals surface area contributed by atoms with Crippen LogP contribution in [0.15, 0.2) is 24.3 Å². The van der Waals surface area contributed by atoms with Gasteiger partial charge in [-0.15, -0.1) is 5.10 Å². The number of aromatic nitrogens is 3. The second kappa shape index (κ2) is 8.08. The standard InChI is InChI=1S/C20H22ClN5O3/c1-11-8-12(2)22-18-17(11)19(24-26(18)5)29-10-16(27)23-13-6-7-15(21)14(9-13)20(28)25(3)4/h6-9H,10H2,1-5H3,(H,23,27). The number of ether oxygens (including phenoxy) is 1. The monoisotopic (exact) mass is 415 g/mol. The maximum atomic E-state index is 12.4. The molecule has 29 heavy (non-hydrogen) atoms. The van der Waals surface area contributed by atoms with Gasteiger partial charge in [0.1, 0.15) is 0 Å². The minimum Gasteiger partial charge on any atom is -0.466 e. The first-order valence-electron chi connectivity index (χ1n) is 8.92. The Morgan fingerprint density at radius 1 is 1.24 bits per heavy atom. The minimum absolute atomic E-state index is 0.237. The maximum Gasteiger partial charge on any atom is 0.262 e. The number of hydrogen-bond acceptors (Lipinski definition) is 5. The molecular formula is C20H22ClN5O3. The number of halogens is 1. The first kappa shape index (κ1) is 20.6. The van der Waals surface area contributed by atoms with Gasteiger partial charge in [-0.25, -0.2) is 9.67 Å². The predicted molar refractivity (Wildman–Crippen MR) is 112 cm³/mol. The van der Waals surface area contributed by atoms with E-state index in [9.17, 15) is 9.59 Å². The van der Waals surface area contributed by atoms with Gasteiger partial charge in [0.05, 0.1) is 16.0 Å². The summed E-state index contributed by atoms with van der Waals surface area (Å²) in [6, 6.07) is 6.67. The molecule has 8 nitrogen and oxygen atoms in total. The molecule has 0 radical (unpaired) electrons. The molecule has 2 amide bonds. The number of aryl methyl sites for hydroxylation is 3. The Morgan fingerprint density at radius 3 is 2.66 bits per heavy atom. The lowest BCUT2D eigenvalue weighted by atomic mass is 10.1. The highest BCUT2D eigenvalue weighted by Crippen LogP contribution is 2.27. The molecule has 3 aromatic rings. The third kappa shape index (κ3) is 4.32. The third-order valence-corrected chi connectivity index (χ3v) is 4.64. The maximum absolute atomic E-state index is 12.4. The fraction of sp³-hybridized carbons (Fsp3) is 0.300. The van der Waals surface area contributed by atoms with Crippen LogP contribution >= 0.6 is 11.6 Å². The van der Waals surface area contributed by atoms with Crippen molar-refractivity contribution in [3.63, 3.8) is 0 Å². The van der Waals surface area contributed by atoms with Crippen molar-refractivity contribution in [1.29, 1.82) is 0 Å². The van der Waals surface area contributed by atoms with Crippen LogP contribution in [-0.4, -0.2) is 52.2 Å². The van der Waals surface area contributed by atoms with Crippen molar-refractivity contribution in [1.82, 2.24) is 19.7 Å². The average Bonchev–Trinajstić information content (AvgIpc) is 2.97. The van der Waals surface area contributed by atoms with Gasteiger partial charge >= 0.3 is 0 Å². The van der Waals surface area contributed by atoms with Gasteiger partial charge in [0.2, 0.25) is 5.88 Å². The average molecular weight is 416 g/mol. The van der Waals surface area contributed by atoms with E-state index in [0.717, 1.165) is 16.6 Å². The fourth-order valence-corrected chi connectivity index (χ4v) is 3.19. The lowest BCUT2D eigenvalue weighted by molar-refractivity contribution is -0.118. The number of nitrogens with zero attached hydrogens (tertiary/aromatic N) is 4. The highest BCUT2D eigenvalue weighted by Gasteiger charge is 2.17. The zero-order valence-electron chi connectivity index (χ0n) is 16.9. The predicted octanol–water partition coefficient (Wildman–Crippen LogP) is 2.96. The number of nitrogens with one attached hydrogen (secondary N) is 1. The van der Waals surface area contributed by atoms with Crippen LogP contribution in [0, 0.1) is 13.8 Å². The van der Waals surface area contributed by atoms with E-state index in [-0.39, 0.29) is 18.4 Å². The van der Waals surface area contributed by atoms with Crippen molar-refractivity contribution < 1.29 is 14.3 Å².